The lowest BCUT2D eigenvalue weighted by Gasteiger charge is -2.47. The summed E-state index contributed by atoms with van der Waals surface area (Å²) in [6.45, 7) is 2.30. The maximum Gasteiger partial charge on any atom is 0.226 e. The Morgan fingerprint density at radius 3 is 2.13 bits per heavy atom. The highest BCUT2D eigenvalue weighted by molar-refractivity contribution is 5.83. The molecule has 0 spiro atoms. The Bertz CT molecular complexity index is 484. The second kappa shape index (κ2) is 5.23. The van der Waals surface area contributed by atoms with Gasteiger partial charge in [-0.15, -0.1) is 0 Å². The molecule has 2 nitrogen and oxygen atoms in total. The zero-order chi connectivity index (χ0) is 15.6. The predicted molar refractivity (Wildman–Crippen MR) is 91.8 cm³/mol. The Labute approximate surface area is 141 Å². The Kier molecular flexibility index (Phi) is 3.36. The first-order valence-electron chi connectivity index (χ1n) is 10.4. The first-order valence-corrected chi connectivity index (χ1v) is 10.4. The molecule has 6 saturated carbocycles. The molecular formula is C21H33NO. The van der Waals surface area contributed by atoms with Crippen LogP contribution in [0, 0.1) is 40.9 Å². The molecule has 0 radical (unpaired) electrons. The summed E-state index contributed by atoms with van der Waals surface area (Å²) in [5.41, 5.74) is 0.0267. The molecule has 0 aromatic rings. The van der Waals surface area contributed by atoms with Crippen molar-refractivity contribution in [2.24, 2.45) is 40.9 Å². The molecule has 0 aliphatic heterocycles. The van der Waals surface area contributed by atoms with Crippen molar-refractivity contribution in [2.75, 3.05) is 0 Å². The van der Waals surface area contributed by atoms with Crippen LogP contribution in [0.1, 0.15) is 77.6 Å². The molecule has 6 rings (SSSR count). The van der Waals surface area contributed by atoms with E-state index in [1.54, 1.807) is 0 Å². The van der Waals surface area contributed by atoms with Crippen LogP contribution in [0.4, 0.5) is 0 Å². The number of amides is 1. The first-order chi connectivity index (χ1) is 11.1. The van der Waals surface area contributed by atoms with Crippen molar-refractivity contribution in [3.63, 3.8) is 0 Å². The van der Waals surface area contributed by atoms with Gasteiger partial charge in [0.2, 0.25) is 5.91 Å². The van der Waals surface area contributed by atoms with E-state index in [-0.39, 0.29) is 5.41 Å². The second-order valence-corrected chi connectivity index (χ2v) is 10.1. The van der Waals surface area contributed by atoms with Crippen LogP contribution in [0.2, 0.25) is 0 Å². The zero-order valence-electron chi connectivity index (χ0n) is 14.7. The van der Waals surface area contributed by atoms with E-state index in [2.05, 4.69) is 12.2 Å². The monoisotopic (exact) mass is 315 g/mol. The highest BCUT2D eigenvalue weighted by Gasteiger charge is 2.53. The maximum atomic E-state index is 13.3. The summed E-state index contributed by atoms with van der Waals surface area (Å²) in [4.78, 5) is 13.3. The van der Waals surface area contributed by atoms with E-state index in [1.807, 2.05) is 0 Å². The average Bonchev–Trinajstić information content (AvgIpc) is 3.09. The van der Waals surface area contributed by atoms with E-state index in [1.165, 1.54) is 70.6 Å². The molecule has 0 aromatic heterocycles. The molecule has 0 aromatic carbocycles. The largest absolute Gasteiger partial charge is 0.353 e. The molecule has 128 valence electrons. The minimum absolute atomic E-state index is 0.0267. The smallest absolute Gasteiger partial charge is 0.226 e. The van der Waals surface area contributed by atoms with E-state index >= 15 is 0 Å². The number of fused-ring (bicyclic) bond motifs is 3. The number of rotatable bonds is 3. The fourth-order valence-electron chi connectivity index (χ4n) is 7.84. The Morgan fingerprint density at radius 2 is 1.52 bits per heavy atom. The van der Waals surface area contributed by atoms with Crippen molar-refractivity contribution in [1.29, 1.82) is 0 Å². The van der Waals surface area contributed by atoms with E-state index in [4.69, 9.17) is 0 Å². The zero-order valence-corrected chi connectivity index (χ0v) is 14.7. The summed E-state index contributed by atoms with van der Waals surface area (Å²) in [5, 5.41) is 3.55. The molecule has 6 atom stereocenters. The third-order valence-electron chi connectivity index (χ3n) is 8.63. The van der Waals surface area contributed by atoms with Gasteiger partial charge in [-0.25, -0.2) is 0 Å². The lowest BCUT2D eigenvalue weighted by atomic mass is 9.58. The van der Waals surface area contributed by atoms with Gasteiger partial charge >= 0.3 is 0 Å². The van der Waals surface area contributed by atoms with Crippen molar-refractivity contribution < 1.29 is 4.79 Å². The molecule has 2 heteroatoms. The van der Waals surface area contributed by atoms with E-state index in [0.29, 0.717) is 11.9 Å². The lowest BCUT2D eigenvalue weighted by Crippen LogP contribution is -2.52. The van der Waals surface area contributed by atoms with E-state index in [9.17, 15) is 4.79 Å². The molecule has 1 N–H and O–H groups in total. The average molecular weight is 316 g/mol. The molecule has 1 amide bonds. The highest BCUT2D eigenvalue weighted by atomic mass is 16.2. The summed E-state index contributed by atoms with van der Waals surface area (Å²) < 4.78 is 0. The molecule has 23 heavy (non-hydrogen) atoms. The fourth-order valence-corrected chi connectivity index (χ4v) is 7.84. The van der Waals surface area contributed by atoms with Gasteiger partial charge in [0.25, 0.3) is 0 Å². The lowest BCUT2D eigenvalue weighted by molar-refractivity contribution is -0.139. The van der Waals surface area contributed by atoms with Gasteiger partial charge in [0.05, 0.1) is 0 Å². The van der Waals surface area contributed by atoms with Gasteiger partial charge in [-0.1, -0.05) is 19.3 Å². The minimum atomic E-state index is 0.0267. The molecular weight excluding hydrogens is 282 g/mol. The fraction of sp³-hybridized carbons (Fsp3) is 0.952. The van der Waals surface area contributed by atoms with Crippen LogP contribution in [-0.2, 0) is 4.79 Å². The molecule has 6 aliphatic rings. The van der Waals surface area contributed by atoms with Gasteiger partial charge in [0, 0.05) is 11.5 Å². The first kappa shape index (κ1) is 14.8. The molecule has 0 saturated heterocycles. The predicted octanol–water partition coefficient (Wildman–Crippen LogP) is 4.53. The molecule has 6 bridgehead atoms. The second-order valence-electron chi connectivity index (χ2n) is 10.1. The van der Waals surface area contributed by atoms with Crippen LogP contribution < -0.4 is 5.32 Å². The quantitative estimate of drug-likeness (QED) is 0.814. The summed E-state index contributed by atoms with van der Waals surface area (Å²) in [7, 11) is 0. The normalized spacial score (nSPS) is 51.7. The third-order valence-corrected chi connectivity index (χ3v) is 8.63. The van der Waals surface area contributed by atoms with Crippen LogP contribution in [0.25, 0.3) is 0 Å². The summed E-state index contributed by atoms with van der Waals surface area (Å²) in [5.74, 6) is 5.68. The standard InChI is InChI=1S/C21H33NO/c1-13(19-9-14-4-5-18(19)8-14)22-20(23)21-10-15-2-3-16(11-21)7-17(6-15)12-21/h13-19H,2-12H2,1H3,(H,22,23). The van der Waals surface area contributed by atoms with Crippen molar-refractivity contribution in [3.8, 4) is 0 Å². The third kappa shape index (κ3) is 2.38. The summed E-state index contributed by atoms with van der Waals surface area (Å²) in [6.07, 6.45) is 15.0. The van der Waals surface area contributed by atoms with Crippen molar-refractivity contribution in [2.45, 2.75) is 83.6 Å². The van der Waals surface area contributed by atoms with Crippen molar-refractivity contribution in [1.82, 2.24) is 5.32 Å². The Hall–Kier alpha value is -0.530. The van der Waals surface area contributed by atoms with Gasteiger partial charge in [-0.3, -0.25) is 4.79 Å². The van der Waals surface area contributed by atoms with Gasteiger partial charge in [0.15, 0.2) is 0 Å². The van der Waals surface area contributed by atoms with Crippen molar-refractivity contribution >= 4 is 5.91 Å². The molecule has 6 fully saturated rings. The number of nitrogens with one attached hydrogen (secondary N) is 1. The summed E-state index contributed by atoms with van der Waals surface area (Å²) in [6, 6.07) is 0.409. The van der Waals surface area contributed by atoms with E-state index in [0.717, 1.165) is 35.5 Å². The molecule has 6 unspecified atom stereocenters. The van der Waals surface area contributed by atoms with Crippen LogP contribution in [0.15, 0.2) is 0 Å². The van der Waals surface area contributed by atoms with Crippen LogP contribution >= 0.6 is 0 Å². The van der Waals surface area contributed by atoms with Gasteiger partial charge < -0.3 is 5.32 Å². The number of hydrogen-bond donors (Lipinski definition) is 1. The molecule has 6 aliphatic carbocycles. The minimum Gasteiger partial charge on any atom is -0.353 e. The van der Waals surface area contributed by atoms with Gasteiger partial charge in [-0.2, -0.15) is 0 Å². The summed E-state index contributed by atoms with van der Waals surface area (Å²) >= 11 is 0. The SMILES string of the molecule is CC(NC(=O)C12CC3CCC(CC(C3)C1)C2)C1CC2CCC1C2. The number of carbonyl (C=O) groups is 1. The van der Waals surface area contributed by atoms with Crippen LogP contribution in [0.3, 0.4) is 0 Å². The maximum absolute atomic E-state index is 13.3. The molecule has 0 heterocycles. The van der Waals surface area contributed by atoms with E-state index < -0.39 is 0 Å². The van der Waals surface area contributed by atoms with Gasteiger partial charge in [-0.05, 0) is 93.8 Å². The van der Waals surface area contributed by atoms with Crippen LogP contribution in [-0.4, -0.2) is 11.9 Å². The van der Waals surface area contributed by atoms with Crippen molar-refractivity contribution in [3.05, 3.63) is 0 Å². The number of carbonyl (C=O) groups excluding carboxylic acids is 1. The Balaban J connectivity index is 1.30. The highest BCUT2D eigenvalue weighted by Crippen LogP contribution is 2.58. The van der Waals surface area contributed by atoms with Crippen LogP contribution in [0.5, 0.6) is 0 Å². The van der Waals surface area contributed by atoms with Gasteiger partial charge in [0.1, 0.15) is 0 Å². The number of hydrogen-bond acceptors (Lipinski definition) is 1. The Morgan fingerprint density at radius 1 is 0.870 bits per heavy atom. The topological polar surface area (TPSA) is 29.1 Å².